The number of ether oxygens (including phenoxy) is 3. The summed E-state index contributed by atoms with van der Waals surface area (Å²) in [4.78, 5) is 0. The first-order chi connectivity index (χ1) is 16.4. The third-order valence-corrected chi connectivity index (χ3v) is 9.08. The Bertz CT molecular complexity index is 763. The second-order valence-corrected chi connectivity index (χ2v) is 12.6. The highest BCUT2D eigenvalue weighted by Crippen LogP contribution is 2.66. The van der Waals surface area contributed by atoms with Gasteiger partial charge in [-0.05, 0) is 55.3 Å². The number of hydrogen-bond donors (Lipinski definition) is 8. The Labute approximate surface area is 205 Å². The number of rotatable bonds is 6. The van der Waals surface area contributed by atoms with Crippen molar-refractivity contribution in [1.82, 2.24) is 5.32 Å². The molecule has 4 aliphatic carbocycles. The molecule has 2 heterocycles. The largest absolute Gasteiger partial charge is 0.394 e. The molecule has 11 heteroatoms. The van der Waals surface area contributed by atoms with Gasteiger partial charge in [-0.3, -0.25) is 5.32 Å². The van der Waals surface area contributed by atoms with E-state index in [4.69, 9.17) is 14.2 Å². The van der Waals surface area contributed by atoms with Crippen molar-refractivity contribution >= 4 is 0 Å². The van der Waals surface area contributed by atoms with Crippen molar-refractivity contribution in [3.05, 3.63) is 0 Å². The van der Waals surface area contributed by atoms with Crippen LogP contribution in [0.3, 0.4) is 0 Å². The van der Waals surface area contributed by atoms with Crippen molar-refractivity contribution in [2.75, 3.05) is 13.2 Å². The first-order valence-electron chi connectivity index (χ1n) is 12.8. The average Bonchev–Trinajstić information content (AvgIpc) is 2.76. The molecule has 0 amide bonds. The van der Waals surface area contributed by atoms with Crippen molar-refractivity contribution < 1.29 is 50.0 Å². The molecule has 0 aromatic rings. The van der Waals surface area contributed by atoms with Crippen LogP contribution in [0.15, 0.2) is 0 Å². The zero-order valence-corrected chi connectivity index (χ0v) is 20.4. The van der Waals surface area contributed by atoms with Crippen LogP contribution in [0.4, 0.5) is 0 Å². The molecule has 202 valence electrons. The molecular weight excluding hydrogens is 462 g/mol. The van der Waals surface area contributed by atoms with Crippen molar-refractivity contribution in [3.63, 3.8) is 0 Å². The Morgan fingerprint density at radius 1 is 0.743 bits per heavy atom. The van der Waals surface area contributed by atoms with Gasteiger partial charge in [-0.1, -0.05) is 13.8 Å². The molecule has 6 aliphatic rings. The summed E-state index contributed by atoms with van der Waals surface area (Å²) in [6, 6.07) is 0. The molecule has 2 aliphatic heterocycles. The standard InChI is InChI=1S/C24H41NO10/c1-22-3-11-4-23(2,8-22)10-24(5-11,9-22)25-20-17(31)16(30)19(13(7-27)33-20)35-21-18(32)15(29)14(28)12(6-26)34-21/h11-21,25-32H,3-10H2,1-2H3/t11?,12-,13-,14-,15+,16-,17-,18-,19-,20?,21+,22-,23+,24?/m1/s1. The summed E-state index contributed by atoms with van der Waals surface area (Å²) in [5, 5.41) is 75.3. The molecule has 2 saturated heterocycles. The Kier molecular flexibility index (Phi) is 6.80. The van der Waals surface area contributed by atoms with Crippen molar-refractivity contribution in [2.45, 2.75) is 119 Å². The third kappa shape index (κ3) is 4.57. The van der Waals surface area contributed by atoms with Gasteiger partial charge in [0.1, 0.15) is 55.1 Å². The second-order valence-electron chi connectivity index (χ2n) is 12.6. The molecule has 3 unspecified atom stereocenters. The SMILES string of the molecule is C[C@]12CC3CC(NC4O[C@H](CO)[C@@H](O[C@@H]5O[C@H](CO)[C@@H](O)[C@H](O)[C@H]5O)[C@H](O)[C@H]4O)(C1)C[C@@](C)(C3)C2. The van der Waals surface area contributed by atoms with E-state index in [1.807, 2.05) is 0 Å². The number of hydrogen-bond acceptors (Lipinski definition) is 11. The van der Waals surface area contributed by atoms with Crippen LogP contribution >= 0.6 is 0 Å². The molecular formula is C24H41NO10. The van der Waals surface area contributed by atoms with Gasteiger partial charge in [0.15, 0.2) is 6.29 Å². The van der Waals surface area contributed by atoms with Gasteiger partial charge < -0.3 is 50.0 Å². The molecule has 35 heavy (non-hydrogen) atoms. The predicted octanol–water partition coefficient (Wildman–Crippen LogP) is -2.05. The minimum Gasteiger partial charge on any atom is -0.394 e. The van der Waals surface area contributed by atoms with Crippen LogP contribution in [-0.2, 0) is 14.2 Å². The number of aliphatic hydroxyl groups excluding tert-OH is 7. The maximum atomic E-state index is 11.0. The minimum absolute atomic E-state index is 0.223. The lowest BCUT2D eigenvalue weighted by atomic mass is 9.42. The van der Waals surface area contributed by atoms with Crippen molar-refractivity contribution in [1.29, 1.82) is 0 Å². The van der Waals surface area contributed by atoms with Crippen LogP contribution in [0.1, 0.15) is 52.4 Å². The molecule has 11 nitrogen and oxygen atoms in total. The maximum Gasteiger partial charge on any atom is 0.187 e. The summed E-state index contributed by atoms with van der Waals surface area (Å²) in [6.07, 6.45) is -7.26. The molecule has 6 fully saturated rings. The summed E-state index contributed by atoms with van der Waals surface area (Å²) in [5.74, 6) is 0.607. The monoisotopic (exact) mass is 503 g/mol. The van der Waals surface area contributed by atoms with E-state index in [0.717, 1.165) is 19.3 Å². The second kappa shape index (κ2) is 9.09. The maximum absolute atomic E-state index is 11.0. The molecule has 6 rings (SSSR count). The van der Waals surface area contributed by atoms with Crippen LogP contribution in [-0.4, -0.2) is 116 Å². The van der Waals surface area contributed by atoms with Gasteiger partial charge in [0.2, 0.25) is 0 Å². The zero-order chi connectivity index (χ0) is 25.3. The summed E-state index contributed by atoms with van der Waals surface area (Å²) < 4.78 is 17.1. The van der Waals surface area contributed by atoms with Gasteiger partial charge in [0, 0.05) is 5.54 Å². The van der Waals surface area contributed by atoms with E-state index in [2.05, 4.69) is 19.2 Å². The highest BCUT2D eigenvalue weighted by Gasteiger charge is 2.61. The Hall–Kier alpha value is -0.440. The molecule has 0 radical (unpaired) electrons. The molecule has 0 spiro atoms. The molecule has 14 atom stereocenters. The van der Waals surface area contributed by atoms with E-state index in [9.17, 15) is 35.7 Å². The Balaban J connectivity index is 1.30. The van der Waals surface area contributed by atoms with E-state index >= 15 is 0 Å². The van der Waals surface area contributed by atoms with E-state index in [1.54, 1.807) is 0 Å². The van der Waals surface area contributed by atoms with Crippen molar-refractivity contribution in [2.24, 2.45) is 16.7 Å². The lowest BCUT2D eigenvalue weighted by Gasteiger charge is -2.66. The fourth-order valence-corrected chi connectivity index (χ4v) is 8.62. The van der Waals surface area contributed by atoms with Gasteiger partial charge >= 0.3 is 0 Å². The smallest absolute Gasteiger partial charge is 0.187 e. The summed E-state index contributed by atoms with van der Waals surface area (Å²) >= 11 is 0. The van der Waals surface area contributed by atoms with E-state index in [-0.39, 0.29) is 16.4 Å². The van der Waals surface area contributed by atoms with E-state index < -0.39 is 74.6 Å². The molecule has 4 bridgehead atoms. The minimum atomic E-state index is -1.68. The van der Waals surface area contributed by atoms with Gasteiger partial charge in [-0.2, -0.15) is 0 Å². The first kappa shape index (κ1) is 26.2. The molecule has 8 N–H and O–H groups in total. The van der Waals surface area contributed by atoms with Crippen LogP contribution in [0, 0.1) is 16.7 Å². The average molecular weight is 504 g/mol. The van der Waals surface area contributed by atoms with Gasteiger partial charge in [-0.15, -0.1) is 0 Å². The van der Waals surface area contributed by atoms with Gasteiger partial charge in [-0.25, -0.2) is 0 Å². The zero-order valence-electron chi connectivity index (χ0n) is 20.4. The van der Waals surface area contributed by atoms with Crippen LogP contribution < -0.4 is 5.32 Å². The molecule has 0 aromatic carbocycles. The summed E-state index contributed by atoms with van der Waals surface area (Å²) in [6.45, 7) is 3.50. The van der Waals surface area contributed by atoms with E-state index in [1.165, 1.54) is 19.3 Å². The first-order valence-corrected chi connectivity index (χ1v) is 12.8. The number of aliphatic hydroxyl groups is 7. The third-order valence-electron chi connectivity index (χ3n) is 9.08. The lowest BCUT2D eigenvalue weighted by Crippen LogP contribution is -2.71. The highest BCUT2D eigenvalue weighted by molar-refractivity contribution is 5.15. The van der Waals surface area contributed by atoms with Crippen molar-refractivity contribution in [3.8, 4) is 0 Å². The Morgan fingerprint density at radius 3 is 1.94 bits per heavy atom. The normalized spacial score (nSPS) is 58.0. The predicted molar refractivity (Wildman–Crippen MR) is 120 cm³/mol. The fraction of sp³-hybridized carbons (Fsp3) is 1.00. The van der Waals surface area contributed by atoms with Gasteiger partial charge in [0.05, 0.1) is 13.2 Å². The van der Waals surface area contributed by atoms with E-state index in [0.29, 0.717) is 5.92 Å². The van der Waals surface area contributed by atoms with Crippen LogP contribution in [0.5, 0.6) is 0 Å². The van der Waals surface area contributed by atoms with Crippen LogP contribution in [0.25, 0.3) is 0 Å². The van der Waals surface area contributed by atoms with Gasteiger partial charge in [0.25, 0.3) is 0 Å². The lowest BCUT2D eigenvalue weighted by molar-refractivity contribution is -0.344. The fourth-order valence-electron chi connectivity index (χ4n) is 8.62. The van der Waals surface area contributed by atoms with Crippen LogP contribution in [0.2, 0.25) is 0 Å². The highest BCUT2D eigenvalue weighted by atomic mass is 16.7. The molecule has 4 saturated carbocycles. The number of nitrogens with one attached hydrogen (secondary N) is 1. The topological polar surface area (TPSA) is 181 Å². The summed E-state index contributed by atoms with van der Waals surface area (Å²) in [7, 11) is 0. The quantitative estimate of drug-likeness (QED) is 0.200. The summed E-state index contributed by atoms with van der Waals surface area (Å²) in [5.41, 5.74) is 0.230. The molecule has 0 aromatic heterocycles. The Morgan fingerprint density at radius 2 is 1.37 bits per heavy atom.